The fourth-order valence-corrected chi connectivity index (χ4v) is 2.92. The highest BCUT2D eigenvalue weighted by atomic mass is 19.1. The lowest BCUT2D eigenvalue weighted by atomic mass is 10.2. The van der Waals surface area contributed by atoms with Crippen LogP contribution < -0.4 is 9.64 Å². The van der Waals surface area contributed by atoms with Crippen molar-refractivity contribution in [2.75, 3.05) is 38.2 Å². The van der Waals surface area contributed by atoms with Gasteiger partial charge in [0.05, 0.1) is 7.11 Å². The largest absolute Gasteiger partial charge is 0.480 e. The number of anilines is 1. The van der Waals surface area contributed by atoms with Crippen LogP contribution in [0.4, 0.5) is 10.1 Å². The predicted octanol–water partition coefficient (Wildman–Crippen LogP) is 2.58. The average Bonchev–Trinajstić information content (AvgIpc) is 2.88. The van der Waals surface area contributed by atoms with Crippen LogP contribution in [0.5, 0.6) is 5.88 Å². The van der Waals surface area contributed by atoms with Crippen molar-refractivity contribution in [1.29, 1.82) is 0 Å². The molecule has 1 aliphatic rings. The fraction of sp³-hybridized carbons (Fsp3) is 0.333. The van der Waals surface area contributed by atoms with Crippen molar-refractivity contribution in [2.24, 2.45) is 0 Å². The van der Waals surface area contributed by atoms with Crippen LogP contribution in [0.15, 0.2) is 42.6 Å². The van der Waals surface area contributed by atoms with Crippen molar-refractivity contribution in [2.45, 2.75) is 6.42 Å². The van der Waals surface area contributed by atoms with E-state index in [9.17, 15) is 9.18 Å². The molecule has 0 radical (unpaired) electrons. The molecule has 5 nitrogen and oxygen atoms in total. The van der Waals surface area contributed by atoms with E-state index in [-0.39, 0.29) is 11.7 Å². The maximum absolute atomic E-state index is 13.1. The van der Waals surface area contributed by atoms with Crippen LogP contribution in [0.3, 0.4) is 0 Å². The third-order valence-corrected chi connectivity index (χ3v) is 4.17. The molecule has 1 aliphatic heterocycles. The number of rotatable bonds is 3. The Labute approximate surface area is 140 Å². The maximum atomic E-state index is 13.1. The van der Waals surface area contributed by atoms with E-state index in [1.54, 1.807) is 30.5 Å². The number of benzene rings is 1. The summed E-state index contributed by atoms with van der Waals surface area (Å²) in [5.74, 6) is 0.0390. The molecule has 0 N–H and O–H groups in total. The highest BCUT2D eigenvalue weighted by molar-refractivity contribution is 5.96. The highest BCUT2D eigenvalue weighted by Crippen LogP contribution is 2.20. The summed E-state index contributed by atoms with van der Waals surface area (Å²) in [6.45, 7) is 2.82. The number of aromatic nitrogens is 1. The molecule has 1 saturated heterocycles. The zero-order valence-electron chi connectivity index (χ0n) is 13.6. The van der Waals surface area contributed by atoms with Crippen LogP contribution in [0, 0.1) is 5.82 Å². The normalized spacial score (nSPS) is 15.1. The number of pyridine rings is 1. The number of nitrogens with zero attached hydrogens (tertiary/aromatic N) is 3. The number of halogens is 1. The molecule has 24 heavy (non-hydrogen) atoms. The lowest BCUT2D eigenvalue weighted by Gasteiger charge is -2.24. The summed E-state index contributed by atoms with van der Waals surface area (Å²) in [6, 6.07) is 9.94. The second kappa shape index (κ2) is 7.29. The smallest absolute Gasteiger partial charge is 0.259 e. The monoisotopic (exact) mass is 329 g/mol. The molecule has 0 saturated carbocycles. The van der Waals surface area contributed by atoms with Gasteiger partial charge in [-0.05, 0) is 42.8 Å². The molecular formula is C18H20FN3O2. The Balaban J connectivity index is 1.71. The first kappa shape index (κ1) is 16.2. The lowest BCUT2D eigenvalue weighted by Crippen LogP contribution is -2.35. The second-order valence-electron chi connectivity index (χ2n) is 5.67. The van der Waals surface area contributed by atoms with Crippen molar-refractivity contribution in [3.63, 3.8) is 0 Å². The molecule has 1 fully saturated rings. The van der Waals surface area contributed by atoms with Crippen molar-refractivity contribution in [1.82, 2.24) is 9.88 Å². The molecule has 2 aromatic rings. The van der Waals surface area contributed by atoms with Gasteiger partial charge < -0.3 is 14.5 Å². The summed E-state index contributed by atoms with van der Waals surface area (Å²) in [5.41, 5.74) is 1.46. The number of carbonyl (C=O) groups is 1. The van der Waals surface area contributed by atoms with Crippen molar-refractivity contribution in [3.05, 3.63) is 54.0 Å². The molecule has 0 bridgehead atoms. The molecule has 3 rings (SSSR count). The van der Waals surface area contributed by atoms with Gasteiger partial charge >= 0.3 is 0 Å². The van der Waals surface area contributed by atoms with Crippen LogP contribution in [0.25, 0.3) is 0 Å². The Morgan fingerprint density at radius 1 is 1.12 bits per heavy atom. The summed E-state index contributed by atoms with van der Waals surface area (Å²) in [6.07, 6.45) is 2.46. The molecule has 0 spiro atoms. The highest BCUT2D eigenvalue weighted by Gasteiger charge is 2.23. The van der Waals surface area contributed by atoms with E-state index in [4.69, 9.17) is 4.74 Å². The lowest BCUT2D eigenvalue weighted by molar-refractivity contribution is 0.0763. The molecule has 0 unspecified atom stereocenters. The number of hydrogen-bond acceptors (Lipinski definition) is 4. The van der Waals surface area contributed by atoms with Crippen molar-refractivity contribution >= 4 is 11.6 Å². The van der Waals surface area contributed by atoms with Crippen LogP contribution in [-0.4, -0.2) is 49.1 Å². The molecule has 1 aromatic heterocycles. The maximum Gasteiger partial charge on any atom is 0.259 e. The summed E-state index contributed by atoms with van der Waals surface area (Å²) in [5, 5.41) is 0. The van der Waals surface area contributed by atoms with Crippen LogP contribution in [0.1, 0.15) is 16.8 Å². The van der Waals surface area contributed by atoms with E-state index in [0.717, 1.165) is 18.7 Å². The SMILES string of the molecule is COc1ncccc1C(=O)N1CCCN(c2ccc(F)cc2)CC1. The molecule has 126 valence electrons. The van der Waals surface area contributed by atoms with Gasteiger partial charge in [-0.2, -0.15) is 0 Å². The van der Waals surface area contributed by atoms with E-state index in [1.165, 1.54) is 19.2 Å². The average molecular weight is 329 g/mol. The zero-order valence-corrected chi connectivity index (χ0v) is 13.6. The second-order valence-corrected chi connectivity index (χ2v) is 5.67. The van der Waals surface area contributed by atoms with Crippen LogP contribution >= 0.6 is 0 Å². The van der Waals surface area contributed by atoms with E-state index < -0.39 is 0 Å². The Bertz CT molecular complexity index is 706. The Morgan fingerprint density at radius 2 is 1.92 bits per heavy atom. The standard InChI is InChI=1S/C18H20FN3O2/c1-24-17-16(4-2-9-20-17)18(23)22-11-3-10-21(12-13-22)15-7-5-14(19)6-8-15/h2,4-9H,3,10-13H2,1H3. The summed E-state index contributed by atoms with van der Waals surface area (Å²) in [7, 11) is 1.51. The van der Waals surface area contributed by atoms with Gasteiger partial charge in [0.1, 0.15) is 11.4 Å². The molecule has 1 aromatic carbocycles. The first-order valence-electron chi connectivity index (χ1n) is 7.98. The molecular weight excluding hydrogens is 309 g/mol. The van der Waals surface area contributed by atoms with Gasteiger partial charge in [0, 0.05) is 38.1 Å². The van der Waals surface area contributed by atoms with E-state index in [1.807, 2.05) is 4.90 Å². The van der Waals surface area contributed by atoms with E-state index in [2.05, 4.69) is 9.88 Å². The Kier molecular flexibility index (Phi) is 4.93. The molecule has 0 aliphatic carbocycles. The van der Waals surface area contributed by atoms with Gasteiger partial charge in [-0.25, -0.2) is 9.37 Å². The minimum Gasteiger partial charge on any atom is -0.480 e. The topological polar surface area (TPSA) is 45.7 Å². The van der Waals surface area contributed by atoms with Crippen molar-refractivity contribution in [3.8, 4) is 5.88 Å². The zero-order chi connectivity index (χ0) is 16.9. The number of methoxy groups -OCH3 is 1. The van der Waals surface area contributed by atoms with E-state index >= 15 is 0 Å². The number of amides is 1. The van der Waals surface area contributed by atoms with Gasteiger partial charge in [0.15, 0.2) is 0 Å². The molecule has 6 heteroatoms. The number of carbonyl (C=O) groups excluding carboxylic acids is 1. The van der Waals surface area contributed by atoms with Crippen LogP contribution in [-0.2, 0) is 0 Å². The summed E-state index contributed by atoms with van der Waals surface area (Å²) >= 11 is 0. The minimum atomic E-state index is -0.242. The summed E-state index contributed by atoms with van der Waals surface area (Å²) < 4.78 is 18.3. The number of hydrogen-bond donors (Lipinski definition) is 0. The fourth-order valence-electron chi connectivity index (χ4n) is 2.92. The minimum absolute atomic E-state index is 0.0686. The summed E-state index contributed by atoms with van der Waals surface area (Å²) in [4.78, 5) is 20.8. The third-order valence-electron chi connectivity index (χ3n) is 4.17. The van der Waals surface area contributed by atoms with Crippen molar-refractivity contribution < 1.29 is 13.9 Å². The Morgan fingerprint density at radius 3 is 2.67 bits per heavy atom. The van der Waals surface area contributed by atoms with Crippen LogP contribution in [0.2, 0.25) is 0 Å². The Hall–Kier alpha value is -2.63. The molecule has 0 atom stereocenters. The van der Waals surface area contributed by atoms with E-state index in [0.29, 0.717) is 31.1 Å². The van der Waals surface area contributed by atoms with Gasteiger partial charge in [0.25, 0.3) is 5.91 Å². The quantitative estimate of drug-likeness (QED) is 0.868. The van der Waals surface area contributed by atoms with Gasteiger partial charge in [-0.1, -0.05) is 0 Å². The first-order valence-corrected chi connectivity index (χ1v) is 7.98. The first-order chi connectivity index (χ1) is 11.7. The third kappa shape index (κ3) is 3.48. The van der Waals surface area contributed by atoms with Gasteiger partial charge in [-0.15, -0.1) is 0 Å². The predicted molar refractivity (Wildman–Crippen MR) is 89.9 cm³/mol. The van der Waals surface area contributed by atoms with Gasteiger partial charge in [0.2, 0.25) is 5.88 Å². The molecule has 1 amide bonds. The van der Waals surface area contributed by atoms with Gasteiger partial charge in [-0.3, -0.25) is 4.79 Å². The molecule has 2 heterocycles. The number of ether oxygens (including phenoxy) is 1.